The van der Waals surface area contributed by atoms with Gasteiger partial charge in [0.15, 0.2) is 0 Å². The molecule has 1 spiro atoms. The minimum Gasteiger partial charge on any atom is -0.0771 e. The van der Waals surface area contributed by atoms with Crippen LogP contribution in [-0.4, -0.2) is 15.7 Å². The standard InChI is InChI=1S/C13H26B2/c1-11(2,3)13(14,15)10-5-8-12(9-10)6-4-7-12/h10H,4-9,14-15H2,1-3H3. The zero-order chi connectivity index (χ0) is 11.3. The van der Waals surface area contributed by atoms with Gasteiger partial charge in [-0.3, -0.25) is 0 Å². The lowest BCUT2D eigenvalue weighted by atomic mass is 9.38. The lowest BCUT2D eigenvalue weighted by molar-refractivity contribution is 0.127. The third kappa shape index (κ3) is 1.78. The molecule has 0 bridgehead atoms. The Morgan fingerprint density at radius 2 is 1.67 bits per heavy atom. The topological polar surface area (TPSA) is 0 Å². The third-order valence-electron chi connectivity index (χ3n) is 6.07. The summed E-state index contributed by atoms with van der Waals surface area (Å²) in [5, 5.41) is 0.506. The van der Waals surface area contributed by atoms with Crippen LogP contribution in [0, 0.1) is 16.7 Å². The lowest BCUT2D eigenvalue weighted by Crippen LogP contribution is -2.37. The summed E-state index contributed by atoms with van der Waals surface area (Å²) in [5.74, 6) is 0.970. The molecule has 0 heterocycles. The maximum atomic E-state index is 2.50. The van der Waals surface area contributed by atoms with Crippen molar-refractivity contribution in [2.75, 3.05) is 0 Å². The lowest BCUT2D eigenvalue weighted by Gasteiger charge is -2.46. The van der Waals surface area contributed by atoms with Crippen LogP contribution in [0.25, 0.3) is 0 Å². The summed E-state index contributed by atoms with van der Waals surface area (Å²) >= 11 is 0. The number of hydrogen-bond acceptors (Lipinski definition) is 0. The first-order valence-electron chi connectivity index (χ1n) is 6.77. The Labute approximate surface area is 97.4 Å². The molecule has 2 rings (SSSR count). The minimum absolute atomic E-state index is 0.451. The van der Waals surface area contributed by atoms with E-state index in [4.69, 9.17) is 0 Å². The van der Waals surface area contributed by atoms with Crippen molar-refractivity contribution < 1.29 is 0 Å². The van der Waals surface area contributed by atoms with Gasteiger partial charge in [-0.15, -0.1) is 0 Å². The van der Waals surface area contributed by atoms with E-state index in [0.717, 1.165) is 11.3 Å². The maximum absolute atomic E-state index is 2.50. The number of rotatable bonds is 1. The Kier molecular flexibility index (Phi) is 2.56. The van der Waals surface area contributed by atoms with Gasteiger partial charge in [0.05, 0.1) is 0 Å². The van der Waals surface area contributed by atoms with Gasteiger partial charge in [-0.05, 0) is 42.4 Å². The van der Waals surface area contributed by atoms with Crippen molar-refractivity contribution in [3.05, 3.63) is 0 Å². The van der Waals surface area contributed by atoms with Crippen LogP contribution in [0.2, 0.25) is 5.21 Å². The summed E-state index contributed by atoms with van der Waals surface area (Å²) in [6.07, 6.45) is 9.11. The summed E-state index contributed by atoms with van der Waals surface area (Å²) in [4.78, 5) is 0. The van der Waals surface area contributed by atoms with E-state index in [1.54, 1.807) is 0 Å². The third-order valence-corrected chi connectivity index (χ3v) is 6.07. The van der Waals surface area contributed by atoms with Crippen LogP contribution in [0.15, 0.2) is 0 Å². The van der Waals surface area contributed by atoms with Crippen molar-refractivity contribution in [2.45, 2.75) is 64.5 Å². The predicted molar refractivity (Wildman–Crippen MR) is 72.9 cm³/mol. The first kappa shape index (κ1) is 11.6. The van der Waals surface area contributed by atoms with E-state index in [9.17, 15) is 0 Å². The highest BCUT2D eigenvalue weighted by molar-refractivity contribution is 6.40. The Bertz CT molecular complexity index is 246. The van der Waals surface area contributed by atoms with Gasteiger partial charge in [-0.25, -0.2) is 0 Å². The van der Waals surface area contributed by atoms with Crippen molar-refractivity contribution >= 4 is 15.7 Å². The van der Waals surface area contributed by atoms with Gasteiger partial charge < -0.3 is 0 Å². The molecule has 0 aromatic heterocycles. The average Bonchev–Trinajstić information content (AvgIpc) is 2.44. The van der Waals surface area contributed by atoms with Crippen LogP contribution >= 0.6 is 0 Å². The van der Waals surface area contributed by atoms with E-state index in [-0.39, 0.29) is 0 Å². The first-order chi connectivity index (χ1) is 6.77. The molecule has 2 aliphatic rings. The van der Waals surface area contributed by atoms with Crippen LogP contribution in [-0.2, 0) is 0 Å². The Balaban J connectivity index is 2.07. The van der Waals surface area contributed by atoms with Crippen molar-refractivity contribution in [1.82, 2.24) is 0 Å². The highest BCUT2D eigenvalue weighted by Crippen LogP contribution is 2.62. The second kappa shape index (κ2) is 3.31. The fourth-order valence-electron chi connectivity index (χ4n) is 3.57. The molecule has 0 saturated heterocycles. The normalized spacial score (nSPS) is 30.5. The number of hydrogen-bond donors (Lipinski definition) is 0. The van der Waals surface area contributed by atoms with E-state index in [0.29, 0.717) is 10.6 Å². The van der Waals surface area contributed by atoms with Crippen molar-refractivity contribution in [2.24, 2.45) is 16.7 Å². The van der Waals surface area contributed by atoms with E-state index >= 15 is 0 Å². The molecule has 1 unspecified atom stereocenters. The largest absolute Gasteiger partial charge is 0.100 e. The highest BCUT2D eigenvalue weighted by atomic mass is 14.5. The average molecular weight is 204 g/mol. The van der Waals surface area contributed by atoms with Crippen LogP contribution in [0.5, 0.6) is 0 Å². The first-order valence-corrected chi connectivity index (χ1v) is 6.77. The Hall–Kier alpha value is 0.130. The van der Waals surface area contributed by atoms with Crippen LogP contribution in [0.1, 0.15) is 59.3 Å². The van der Waals surface area contributed by atoms with E-state index in [1.165, 1.54) is 38.5 Å². The molecule has 1 atom stereocenters. The summed E-state index contributed by atoms with van der Waals surface area (Å²) < 4.78 is 0. The summed E-state index contributed by atoms with van der Waals surface area (Å²) in [6, 6.07) is 0. The highest BCUT2D eigenvalue weighted by Gasteiger charge is 2.50. The molecule has 0 nitrogen and oxygen atoms in total. The molecule has 0 radical (unpaired) electrons. The minimum atomic E-state index is 0.451. The Morgan fingerprint density at radius 1 is 1.07 bits per heavy atom. The quantitative estimate of drug-likeness (QED) is 0.575. The summed E-state index contributed by atoms with van der Waals surface area (Å²) in [7, 11) is 4.99. The molecule has 0 aromatic carbocycles. The molecule has 0 N–H and O–H groups in total. The van der Waals surface area contributed by atoms with E-state index in [2.05, 4.69) is 36.5 Å². The zero-order valence-corrected chi connectivity index (χ0v) is 11.3. The molecular weight excluding hydrogens is 178 g/mol. The Morgan fingerprint density at radius 3 is 2.00 bits per heavy atom. The van der Waals surface area contributed by atoms with Gasteiger partial charge in [0.1, 0.15) is 15.7 Å². The summed E-state index contributed by atoms with van der Waals surface area (Å²) in [5.41, 5.74) is 1.26. The van der Waals surface area contributed by atoms with Gasteiger partial charge in [0, 0.05) is 0 Å². The fraction of sp³-hybridized carbons (Fsp3) is 1.00. The predicted octanol–water partition coefficient (Wildman–Crippen LogP) is 2.39. The van der Waals surface area contributed by atoms with E-state index < -0.39 is 0 Å². The van der Waals surface area contributed by atoms with E-state index in [1.807, 2.05) is 0 Å². The van der Waals surface area contributed by atoms with Gasteiger partial charge in [-0.2, -0.15) is 0 Å². The fourth-order valence-corrected chi connectivity index (χ4v) is 3.57. The van der Waals surface area contributed by atoms with Crippen LogP contribution in [0.4, 0.5) is 0 Å². The molecule has 0 aliphatic heterocycles. The molecular formula is C13H26B2. The summed E-state index contributed by atoms with van der Waals surface area (Å²) in [6.45, 7) is 7.25. The molecule has 2 saturated carbocycles. The van der Waals surface area contributed by atoms with Gasteiger partial charge in [0.2, 0.25) is 0 Å². The molecule has 2 fully saturated rings. The molecule has 2 aliphatic carbocycles. The van der Waals surface area contributed by atoms with Crippen molar-refractivity contribution in [3.63, 3.8) is 0 Å². The molecule has 0 aromatic rings. The smallest absolute Gasteiger partial charge is 0.0771 e. The zero-order valence-electron chi connectivity index (χ0n) is 11.3. The van der Waals surface area contributed by atoms with Gasteiger partial charge in [0.25, 0.3) is 0 Å². The van der Waals surface area contributed by atoms with Gasteiger partial charge in [-0.1, -0.05) is 38.8 Å². The van der Waals surface area contributed by atoms with Gasteiger partial charge >= 0.3 is 0 Å². The molecule has 84 valence electrons. The maximum Gasteiger partial charge on any atom is 0.100 e. The molecule has 2 heteroatoms. The van der Waals surface area contributed by atoms with Crippen LogP contribution < -0.4 is 0 Å². The second-order valence-corrected chi connectivity index (χ2v) is 7.76. The van der Waals surface area contributed by atoms with Crippen molar-refractivity contribution in [1.29, 1.82) is 0 Å². The second-order valence-electron chi connectivity index (χ2n) is 7.76. The monoisotopic (exact) mass is 204 g/mol. The SMILES string of the molecule is BC(B)(C1CCC2(CCC2)C1)C(C)(C)C. The molecule has 0 amide bonds. The van der Waals surface area contributed by atoms with Crippen molar-refractivity contribution in [3.8, 4) is 0 Å². The van der Waals surface area contributed by atoms with Crippen LogP contribution in [0.3, 0.4) is 0 Å². The molecule has 15 heavy (non-hydrogen) atoms.